The van der Waals surface area contributed by atoms with Crippen molar-refractivity contribution in [2.75, 3.05) is 0 Å². The highest BCUT2D eigenvalue weighted by Crippen LogP contribution is 2.53. The lowest BCUT2D eigenvalue weighted by molar-refractivity contribution is 0.661. The smallest absolute Gasteiger partial charge is 0.160 e. The van der Waals surface area contributed by atoms with E-state index in [2.05, 4.69) is 140 Å². The monoisotopic (exact) mass is 627 g/mol. The van der Waals surface area contributed by atoms with Gasteiger partial charge in [-0.15, -0.1) is 0 Å². The van der Waals surface area contributed by atoms with Crippen molar-refractivity contribution >= 4 is 10.8 Å². The van der Waals surface area contributed by atoms with Crippen molar-refractivity contribution in [1.29, 1.82) is 0 Å². The van der Waals surface area contributed by atoms with Gasteiger partial charge in [-0.25, -0.2) is 9.97 Å². The summed E-state index contributed by atoms with van der Waals surface area (Å²) in [5.74, 6) is 0.707. The van der Waals surface area contributed by atoms with Crippen molar-refractivity contribution in [3.05, 3.63) is 175 Å². The van der Waals surface area contributed by atoms with Crippen LogP contribution in [0.15, 0.2) is 164 Å². The van der Waals surface area contributed by atoms with Gasteiger partial charge in [0.05, 0.1) is 11.4 Å². The molecule has 0 atom stereocenters. The zero-order valence-corrected chi connectivity index (χ0v) is 27.4. The SMILES string of the molecule is CC1(C)c2cc3ccccc3cc2-c2c(-c3ccc(-c4cc(-c5cccc(-c6ccncc6)c5)nc(-c5ccccc5)n4)cc3)cccc21. The zero-order chi connectivity index (χ0) is 33.0. The molecule has 0 unspecified atom stereocenters. The van der Waals surface area contributed by atoms with E-state index in [-0.39, 0.29) is 5.41 Å². The molecule has 2 aromatic heterocycles. The van der Waals surface area contributed by atoms with Crippen LogP contribution < -0.4 is 0 Å². The van der Waals surface area contributed by atoms with Gasteiger partial charge in [-0.3, -0.25) is 4.98 Å². The summed E-state index contributed by atoms with van der Waals surface area (Å²) >= 11 is 0. The van der Waals surface area contributed by atoms with E-state index in [1.54, 1.807) is 0 Å². The topological polar surface area (TPSA) is 38.7 Å². The molecule has 0 saturated carbocycles. The first-order valence-corrected chi connectivity index (χ1v) is 16.8. The summed E-state index contributed by atoms with van der Waals surface area (Å²) in [6.07, 6.45) is 3.65. The van der Waals surface area contributed by atoms with Gasteiger partial charge in [-0.2, -0.15) is 0 Å². The summed E-state index contributed by atoms with van der Waals surface area (Å²) in [6.45, 7) is 4.70. The van der Waals surface area contributed by atoms with E-state index in [1.165, 1.54) is 44.2 Å². The maximum atomic E-state index is 5.10. The van der Waals surface area contributed by atoms with Gasteiger partial charge >= 0.3 is 0 Å². The fourth-order valence-corrected chi connectivity index (χ4v) is 7.40. The highest BCUT2D eigenvalue weighted by Gasteiger charge is 2.37. The molecule has 49 heavy (non-hydrogen) atoms. The van der Waals surface area contributed by atoms with Gasteiger partial charge in [-0.1, -0.05) is 129 Å². The Morgan fingerprint density at radius 1 is 0.408 bits per heavy atom. The molecular weight excluding hydrogens is 595 g/mol. The average molecular weight is 628 g/mol. The molecule has 0 N–H and O–H groups in total. The van der Waals surface area contributed by atoms with Crippen LogP contribution in [0.5, 0.6) is 0 Å². The van der Waals surface area contributed by atoms with Gasteiger partial charge in [0.2, 0.25) is 0 Å². The number of nitrogens with zero attached hydrogens (tertiary/aromatic N) is 3. The maximum Gasteiger partial charge on any atom is 0.160 e. The standard InChI is InChI=1S/C46H33N3/c1-46(2)40-17-9-16-38(44(40)39-27-35-12-6-7-13-36(35)28-41(39)46)31-18-20-32(21-19-31)42-29-43(49-45(48-42)33-10-4-3-5-11-33)37-15-8-14-34(26-37)30-22-24-47-25-23-30/h3-29H,1-2H3. The van der Waals surface area contributed by atoms with Crippen molar-refractivity contribution in [3.63, 3.8) is 0 Å². The molecule has 0 radical (unpaired) electrons. The average Bonchev–Trinajstić information content (AvgIpc) is 3.39. The molecular formula is C46H33N3. The van der Waals surface area contributed by atoms with Crippen molar-refractivity contribution < 1.29 is 0 Å². The van der Waals surface area contributed by atoms with Crippen LogP contribution in [0, 0.1) is 0 Å². The van der Waals surface area contributed by atoms with Gasteiger partial charge in [-0.05, 0) is 91.7 Å². The predicted octanol–water partition coefficient (Wildman–Crippen LogP) is 11.7. The van der Waals surface area contributed by atoms with E-state index in [9.17, 15) is 0 Å². The molecule has 2 heterocycles. The highest BCUT2D eigenvalue weighted by molar-refractivity contribution is 5.98. The molecule has 232 valence electrons. The molecule has 0 fully saturated rings. The first-order chi connectivity index (χ1) is 24.0. The lowest BCUT2D eigenvalue weighted by atomic mass is 9.81. The molecule has 9 rings (SSSR count). The maximum absolute atomic E-state index is 5.10. The Balaban J connectivity index is 1.14. The number of hydrogen-bond donors (Lipinski definition) is 0. The van der Waals surface area contributed by atoms with E-state index < -0.39 is 0 Å². The first-order valence-electron chi connectivity index (χ1n) is 16.8. The van der Waals surface area contributed by atoms with Crippen molar-refractivity contribution in [1.82, 2.24) is 15.0 Å². The largest absolute Gasteiger partial charge is 0.265 e. The quantitative estimate of drug-likeness (QED) is 0.191. The van der Waals surface area contributed by atoms with Crippen molar-refractivity contribution in [3.8, 4) is 67.3 Å². The van der Waals surface area contributed by atoms with Crippen molar-refractivity contribution in [2.24, 2.45) is 0 Å². The molecule has 1 aliphatic rings. The van der Waals surface area contributed by atoms with Crippen LogP contribution in [0.1, 0.15) is 25.0 Å². The summed E-state index contributed by atoms with van der Waals surface area (Å²) in [5.41, 5.74) is 14.9. The Labute approximate surface area is 286 Å². The van der Waals surface area contributed by atoms with Crippen LogP contribution in [0.25, 0.3) is 78.1 Å². The van der Waals surface area contributed by atoms with E-state index in [4.69, 9.17) is 9.97 Å². The van der Waals surface area contributed by atoms with Gasteiger partial charge < -0.3 is 0 Å². The second kappa shape index (κ2) is 11.5. The van der Waals surface area contributed by atoms with Crippen LogP contribution in [0.4, 0.5) is 0 Å². The lowest BCUT2D eigenvalue weighted by Gasteiger charge is -2.22. The molecule has 0 spiro atoms. The first kappa shape index (κ1) is 29.0. The molecule has 0 amide bonds. The van der Waals surface area contributed by atoms with Gasteiger partial charge in [0.1, 0.15) is 0 Å². The van der Waals surface area contributed by atoms with E-state index in [1.807, 2.05) is 42.7 Å². The van der Waals surface area contributed by atoms with E-state index in [0.717, 1.165) is 39.2 Å². The Hall–Kier alpha value is -6.19. The minimum atomic E-state index is -0.0788. The Bertz CT molecular complexity index is 2500. The Morgan fingerprint density at radius 3 is 1.82 bits per heavy atom. The summed E-state index contributed by atoms with van der Waals surface area (Å²) in [6, 6.07) is 54.0. The third-order valence-corrected chi connectivity index (χ3v) is 9.99. The van der Waals surface area contributed by atoms with Gasteiger partial charge in [0, 0.05) is 34.5 Å². The fourth-order valence-electron chi connectivity index (χ4n) is 7.40. The van der Waals surface area contributed by atoms with E-state index in [0.29, 0.717) is 5.82 Å². The summed E-state index contributed by atoms with van der Waals surface area (Å²) in [7, 11) is 0. The summed E-state index contributed by atoms with van der Waals surface area (Å²) in [4.78, 5) is 14.4. The number of aromatic nitrogens is 3. The van der Waals surface area contributed by atoms with Crippen LogP contribution in [-0.4, -0.2) is 15.0 Å². The van der Waals surface area contributed by atoms with Crippen LogP contribution >= 0.6 is 0 Å². The lowest BCUT2D eigenvalue weighted by Crippen LogP contribution is -2.14. The second-order valence-electron chi connectivity index (χ2n) is 13.3. The third kappa shape index (κ3) is 5.03. The van der Waals surface area contributed by atoms with Gasteiger partial charge in [0.15, 0.2) is 5.82 Å². The number of rotatable bonds is 5. The van der Waals surface area contributed by atoms with Gasteiger partial charge in [0.25, 0.3) is 0 Å². The number of hydrogen-bond acceptors (Lipinski definition) is 3. The second-order valence-corrected chi connectivity index (χ2v) is 13.3. The normalized spacial score (nSPS) is 12.9. The van der Waals surface area contributed by atoms with E-state index >= 15 is 0 Å². The number of benzene rings is 6. The molecule has 3 nitrogen and oxygen atoms in total. The number of pyridine rings is 1. The third-order valence-electron chi connectivity index (χ3n) is 9.99. The molecule has 3 heteroatoms. The summed E-state index contributed by atoms with van der Waals surface area (Å²) in [5, 5.41) is 2.56. The molecule has 8 aromatic rings. The number of fused-ring (bicyclic) bond motifs is 4. The summed E-state index contributed by atoms with van der Waals surface area (Å²) < 4.78 is 0. The van der Waals surface area contributed by atoms with Crippen LogP contribution in [0.3, 0.4) is 0 Å². The molecule has 0 aliphatic heterocycles. The fraction of sp³-hybridized carbons (Fsp3) is 0.0652. The molecule has 1 aliphatic carbocycles. The minimum Gasteiger partial charge on any atom is -0.265 e. The predicted molar refractivity (Wildman–Crippen MR) is 202 cm³/mol. The molecule has 6 aromatic carbocycles. The van der Waals surface area contributed by atoms with Crippen molar-refractivity contribution in [2.45, 2.75) is 19.3 Å². The molecule has 0 saturated heterocycles. The zero-order valence-electron chi connectivity index (χ0n) is 27.4. The Morgan fingerprint density at radius 2 is 1.04 bits per heavy atom. The van der Waals surface area contributed by atoms with Crippen LogP contribution in [-0.2, 0) is 5.41 Å². The minimum absolute atomic E-state index is 0.0788. The molecule has 0 bridgehead atoms. The van der Waals surface area contributed by atoms with Crippen LogP contribution in [0.2, 0.25) is 0 Å². The Kier molecular flexibility index (Phi) is 6.80. The highest BCUT2D eigenvalue weighted by atomic mass is 14.9.